The van der Waals surface area contributed by atoms with Gasteiger partial charge >= 0.3 is 5.97 Å². The van der Waals surface area contributed by atoms with Crippen LogP contribution < -0.4 is 22.1 Å². The lowest BCUT2D eigenvalue weighted by Crippen LogP contribution is -2.42. The molecule has 0 aliphatic carbocycles. The predicted octanol–water partition coefficient (Wildman–Crippen LogP) is -0.683. The van der Waals surface area contributed by atoms with Crippen LogP contribution >= 0.6 is 0 Å². The quantitative estimate of drug-likeness (QED) is 0.319. The summed E-state index contributed by atoms with van der Waals surface area (Å²) < 4.78 is 0. The van der Waals surface area contributed by atoms with E-state index < -0.39 is 12.0 Å². The van der Waals surface area contributed by atoms with Crippen molar-refractivity contribution in [1.29, 1.82) is 0 Å². The van der Waals surface area contributed by atoms with E-state index in [1.807, 2.05) is 0 Å². The standard InChI is InChI=1S/C14H28N4O4/c1-9(15)7-12(19)17-6-4-3-5-11(14(21)22)18-13(20)8-10(2)16/h9-11H,3-8,15-16H2,1-2H3,(H,17,19)(H,18,20)(H,21,22)/t9-,10-,11+/m1/s1. The molecule has 0 fully saturated rings. The van der Waals surface area contributed by atoms with E-state index in [0.29, 0.717) is 25.8 Å². The number of carboxylic acid groups (broad SMARTS) is 1. The van der Waals surface area contributed by atoms with Crippen molar-refractivity contribution in [2.24, 2.45) is 11.5 Å². The first kappa shape index (κ1) is 20.3. The first-order valence-corrected chi connectivity index (χ1v) is 7.52. The zero-order valence-corrected chi connectivity index (χ0v) is 13.3. The van der Waals surface area contributed by atoms with Crippen LogP contribution in [0.1, 0.15) is 46.0 Å². The largest absolute Gasteiger partial charge is 0.480 e. The molecule has 0 aliphatic heterocycles. The molecule has 0 aromatic rings. The number of aliphatic carboxylic acids is 1. The lowest BCUT2D eigenvalue weighted by Gasteiger charge is -2.15. The highest BCUT2D eigenvalue weighted by Crippen LogP contribution is 2.02. The molecule has 8 nitrogen and oxygen atoms in total. The Morgan fingerprint density at radius 2 is 1.55 bits per heavy atom. The molecule has 7 N–H and O–H groups in total. The minimum absolute atomic E-state index is 0.0944. The van der Waals surface area contributed by atoms with Gasteiger partial charge in [-0.05, 0) is 33.1 Å². The van der Waals surface area contributed by atoms with Gasteiger partial charge in [0.25, 0.3) is 0 Å². The van der Waals surface area contributed by atoms with E-state index in [2.05, 4.69) is 10.6 Å². The third-order valence-corrected chi connectivity index (χ3v) is 2.89. The lowest BCUT2D eigenvalue weighted by atomic mass is 10.1. The van der Waals surface area contributed by atoms with E-state index in [1.54, 1.807) is 13.8 Å². The topological polar surface area (TPSA) is 148 Å². The molecule has 128 valence electrons. The van der Waals surface area contributed by atoms with Gasteiger partial charge in [-0.2, -0.15) is 0 Å². The van der Waals surface area contributed by atoms with Crippen LogP contribution in [-0.2, 0) is 14.4 Å². The van der Waals surface area contributed by atoms with Gasteiger partial charge in [0, 0.05) is 31.5 Å². The van der Waals surface area contributed by atoms with Crippen molar-refractivity contribution < 1.29 is 19.5 Å². The highest BCUT2D eigenvalue weighted by Gasteiger charge is 2.19. The molecule has 2 amide bonds. The molecule has 0 rings (SSSR count). The summed E-state index contributed by atoms with van der Waals surface area (Å²) in [7, 11) is 0. The lowest BCUT2D eigenvalue weighted by molar-refractivity contribution is -0.142. The maximum atomic E-state index is 11.5. The Morgan fingerprint density at radius 3 is 2.05 bits per heavy atom. The fourth-order valence-electron chi connectivity index (χ4n) is 1.87. The molecule has 0 unspecified atom stereocenters. The zero-order chi connectivity index (χ0) is 17.1. The molecule has 0 saturated heterocycles. The van der Waals surface area contributed by atoms with Gasteiger partial charge in [-0.25, -0.2) is 4.79 Å². The molecule has 8 heteroatoms. The molecule has 0 spiro atoms. The fraction of sp³-hybridized carbons (Fsp3) is 0.786. The number of nitrogens with two attached hydrogens (primary N) is 2. The van der Waals surface area contributed by atoms with Crippen molar-refractivity contribution in [3.8, 4) is 0 Å². The van der Waals surface area contributed by atoms with Crippen LogP contribution in [0.15, 0.2) is 0 Å². The third kappa shape index (κ3) is 11.0. The average molecular weight is 316 g/mol. The van der Waals surface area contributed by atoms with E-state index in [-0.39, 0.29) is 36.7 Å². The number of carbonyl (C=O) groups is 3. The Kier molecular flexibility index (Phi) is 10.1. The minimum atomic E-state index is -1.07. The highest BCUT2D eigenvalue weighted by atomic mass is 16.4. The third-order valence-electron chi connectivity index (χ3n) is 2.89. The maximum absolute atomic E-state index is 11.5. The van der Waals surface area contributed by atoms with Crippen molar-refractivity contribution in [2.45, 2.75) is 64.1 Å². The summed E-state index contributed by atoms with van der Waals surface area (Å²) >= 11 is 0. The summed E-state index contributed by atoms with van der Waals surface area (Å²) in [4.78, 5) is 34.0. The molecular formula is C14H28N4O4. The Balaban J connectivity index is 3.94. The Bertz CT molecular complexity index is 372. The summed E-state index contributed by atoms with van der Waals surface area (Å²) in [5.74, 6) is -1.55. The molecule has 3 atom stereocenters. The van der Waals surface area contributed by atoms with E-state index in [0.717, 1.165) is 0 Å². The number of carboxylic acids is 1. The number of nitrogens with one attached hydrogen (secondary N) is 2. The van der Waals surface area contributed by atoms with E-state index in [9.17, 15) is 14.4 Å². The van der Waals surface area contributed by atoms with Gasteiger partial charge in [0.15, 0.2) is 0 Å². The number of hydrogen-bond donors (Lipinski definition) is 5. The second-order valence-corrected chi connectivity index (χ2v) is 5.67. The van der Waals surface area contributed by atoms with Crippen molar-refractivity contribution in [3.05, 3.63) is 0 Å². The molecule has 0 bridgehead atoms. The van der Waals surface area contributed by atoms with Crippen LogP contribution in [0.4, 0.5) is 0 Å². The number of hydrogen-bond acceptors (Lipinski definition) is 5. The second-order valence-electron chi connectivity index (χ2n) is 5.67. The first-order valence-electron chi connectivity index (χ1n) is 7.52. The molecule has 0 aliphatic rings. The Morgan fingerprint density at radius 1 is 1.00 bits per heavy atom. The van der Waals surface area contributed by atoms with Gasteiger partial charge in [0.1, 0.15) is 6.04 Å². The summed E-state index contributed by atoms with van der Waals surface area (Å²) in [5, 5.41) is 14.2. The van der Waals surface area contributed by atoms with Crippen LogP contribution in [0.5, 0.6) is 0 Å². The van der Waals surface area contributed by atoms with Gasteiger partial charge in [0.05, 0.1) is 0 Å². The molecule has 0 radical (unpaired) electrons. The highest BCUT2D eigenvalue weighted by molar-refractivity contribution is 5.83. The summed E-state index contributed by atoms with van der Waals surface area (Å²) in [6.45, 7) is 3.90. The van der Waals surface area contributed by atoms with Crippen LogP contribution in [0.2, 0.25) is 0 Å². The van der Waals surface area contributed by atoms with E-state index in [1.165, 1.54) is 0 Å². The van der Waals surface area contributed by atoms with Crippen LogP contribution in [0.25, 0.3) is 0 Å². The maximum Gasteiger partial charge on any atom is 0.326 e. The zero-order valence-electron chi connectivity index (χ0n) is 13.3. The van der Waals surface area contributed by atoms with Gasteiger partial charge in [-0.3, -0.25) is 9.59 Å². The SMILES string of the molecule is C[C@@H](N)CC(=O)NCCCC[C@H](NC(=O)C[C@@H](C)N)C(=O)O. The minimum Gasteiger partial charge on any atom is -0.480 e. The Labute approximate surface area is 131 Å². The van der Waals surface area contributed by atoms with E-state index in [4.69, 9.17) is 16.6 Å². The van der Waals surface area contributed by atoms with Gasteiger partial charge < -0.3 is 27.2 Å². The predicted molar refractivity (Wildman–Crippen MR) is 83.0 cm³/mol. The summed E-state index contributed by atoms with van der Waals surface area (Å²) in [6, 6.07) is -1.42. The smallest absolute Gasteiger partial charge is 0.326 e. The van der Waals surface area contributed by atoms with E-state index >= 15 is 0 Å². The second kappa shape index (κ2) is 11.0. The molecule has 22 heavy (non-hydrogen) atoms. The van der Waals surface area contributed by atoms with Crippen LogP contribution in [0.3, 0.4) is 0 Å². The number of carbonyl (C=O) groups excluding carboxylic acids is 2. The molecule has 0 aromatic heterocycles. The average Bonchev–Trinajstić information content (AvgIpc) is 2.34. The Hall–Kier alpha value is -1.67. The first-order chi connectivity index (χ1) is 10.2. The molecule has 0 saturated carbocycles. The van der Waals surface area contributed by atoms with Gasteiger partial charge in [-0.15, -0.1) is 0 Å². The van der Waals surface area contributed by atoms with Crippen LogP contribution in [-0.4, -0.2) is 47.6 Å². The van der Waals surface area contributed by atoms with Gasteiger partial charge in [-0.1, -0.05) is 0 Å². The van der Waals surface area contributed by atoms with Crippen LogP contribution in [0, 0.1) is 0 Å². The molecular weight excluding hydrogens is 288 g/mol. The van der Waals surface area contributed by atoms with Gasteiger partial charge in [0.2, 0.25) is 11.8 Å². The number of unbranched alkanes of at least 4 members (excludes halogenated alkanes) is 1. The summed E-state index contributed by atoms with van der Waals surface area (Å²) in [6.07, 6.45) is 1.89. The van der Waals surface area contributed by atoms with Crippen molar-refractivity contribution in [1.82, 2.24) is 10.6 Å². The molecule has 0 aromatic carbocycles. The van der Waals surface area contributed by atoms with Crippen molar-refractivity contribution in [3.63, 3.8) is 0 Å². The monoisotopic (exact) mass is 316 g/mol. The number of rotatable bonds is 11. The fourth-order valence-corrected chi connectivity index (χ4v) is 1.87. The molecule has 0 heterocycles. The number of amides is 2. The van der Waals surface area contributed by atoms with Crippen molar-refractivity contribution >= 4 is 17.8 Å². The van der Waals surface area contributed by atoms with Crippen molar-refractivity contribution in [2.75, 3.05) is 6.54 Å². The normalized spacial score (nSPS) is 14.7. The summed E-state index contributed by atoms with van der Waals surface area (Å²) in [5.41, 5.74) is 11.0.